The van der Waals surface area contributed by atoms with Crippen molar-refractivity contribution in [2.45, 2.75) is 32.5 Å². The van der Waals surface area contributed by atoms with Crippen LogP contribution in [0.2, 0.25) is 0 Å². The fourth-order valence-corrected chi connectivity index (χ4v) is 2.41. The van der Waals surface area contributed by atoms with Crippen molar-refractivity contribution >= 4 is 12.4 Å². The highest BCUT2D eigenvalue weighted by atomic mass is 35.5. The van der Waals surface area contributed by atoms with Crippen LogP contribution in [0.5, 0.6) is 0 Å². The van der Waals surface area contributed by atoms with Gasteiger partial charge in [-0.15, -0.1) is 12.4 Å². The molecule has 0 unspecified atom stereocenters. The summed E-state index contributed by atoms with van der Waals surface area (Å²) in [4.78, 5) is 5.03. The molecule has 0 N–H and O–H groups in total. The number of rotatable bonds is 2. The summed E-state index contributed by atoms with van der Waals surface area (Å²) < 4.78 is 0. The summed E-state index contributed by atoms with van der Waals surface area (Å²) in [5.41, 5.74) is 1.42. The lowest BCUT2D eigenvalue weighted by Gasteiger charge is -2.42. The number of halogens is 1. The first-order valence-corrected chi connectivity index (χ1v) is 6.15. The molecule has 2 rings (SSSR count). The van der Waals surface area contributed by atoms with Crippen LogP contribution in [0.4, 0.5) is 0 Å². The van der Waals surface area contributed by atoms with Crippen molar-refractivity contribution in [3.05, 3.63) is 35.9 Å². The molecule has 1 fully saturated rings. The van der Waals surface area contributed by atoms with E-state index in [-0.39, 0.29) is 12.4 Å². The first kappa shape index (κ1) is 14.5. The van der Waals surface area contributed by atoms with Gasteiger partial charge in [-0.2, -0.15) is 0 Å². The summed E-state index contributed by atoms with van der Waals surface area (Å²) in [6, 6.07) is 12.1. The number of piperazine rings is 1. The lowest BCUT2D eigenvalue weighted by molar-refractivity contribution is 0.0546. The maximum atomic E-state index is 2.58. The molecule has 1 aromatic carbocycles. The monoisotopic (exact) mass is 254 g/mol. The Labute approximate surface area is 111 Å². The SMILES string of the molecule is C[C@@H]1CN(Cc2ccccc2)[C@H](C)CN1C.Cl. The molecule has 1 saturated heterocycles. The number of benzene rings is 1. The largest absolute Gasteiger partial charge is 0.301 e. The van der Waals surface area contributed by atoms with E-state index in [2.05, 4.69) is 61.0 Å². The molecular weight excluding hydrogens is 232 g/mol. The van der Waals surface area contributed by atoms with Crippen LogP contribution < -0.4 is 0 Å². The van der Waals surface area contributed by atoms with Crippen molar-refractivity contribution in [3.8, 4) is 0 Å². The first-order valence-electron chi connectivity index (χ1n) is 6.15. The number of nitrogens with zero attached hydrogens (tertiary/aromatic N) is 2. The zero-order valence-electron chi connectivity index (χ0n) is 11.0. The van der Waals surface area contributed by atoms with Gasteiger partial charge >= 0.3 is 0 Å². The summed E-state index contributed by atoms with van der Waals surface area (Å²) in [7, 11) is 2.22. The average molecular weight is 255 g/mol. The summed E-state index contributed by atoms with van der Waals surface area (Å²) in [5, 5.41) is 0. The normalized spacial score (nSPS) is 26.5. The quantitative estimate of drug-likeness (QED) is 0.801. The molecule has 0 amide bonds. The predicted molar refractivity (Wildman–Crippen MR) is 75.7 cm³/mol. The molecule has 0 radical (unpaired) electrons. The molecule has 3 heteroatoms. The van der Waals surface area contributed by atoms with Crippen molar-refractivity contribution in [2.24, 2.45) is 0 Å². The van der Waals surface area contributed by atoms with E-state index in [0.29, 0.717) is 12.1 Å². The van der Waals surface area contributed by atoms with E-state index in [1.165, 1.54) is 18.7 Å². The minimum Gasteiger partial charge on any atom is -0.301 e. The molecule has 0 saturated carbocycles. The average Bonchev–Trinajstić information content (AvgIpc) is 2.27. The number of hydrogen-bond donors (Lipinski definition) is 0. The van der Waals surface area contributed by atoms with Crippen molar-refractivity contribution < 1.29 is 0 Å². The van der Waals surface area contributed by atoms with E-state index in [9.17, 15) is 0 Å². The Bertz CT molecular complexity index is 328. The zero-order chi connectivity index (χ0) is 11.5. The molecule has 0 spiro atoms. The molecule has 1 aliphatic rings. The van der Waals surface area contributed by atoms with Crippen molar-refractivity contribution in [3.63, 3.8) is 0 Å². The first-order chi connectivity index (χ1) is 7.66. The van der Waals surface area contributed by atoms with Crippen molar-refractivity contribution in [1.29, 1.82) is 0 Å². The van der Waals surface area contributed by atoms with Gasteiger partial charge < -0.3 is 4.90 Å². The third kappa shape index (κ3) is 3.70. The van der Waals surface area contributed by atoms with Gasteiger partial charge in [0.05, 0.1) is 0 Å². The third-order valence-electron chi connectivity index (χ3n) is 3.66. The lowest BCUT2D eigenvalue weighted by Crippen LogP contribution is -2.54. The maximum Gasteiger partial charge on any atom is 0.0237 e. The molecule has 2 atom stereocenters. The van der Waals surface area contributed by atoms with Crippen LogP contribution in [0.25, 0.3) is 0 Å². The summed E-state index contributed by atoms with van der Waals surface area (Å²) >= 11 is 0. The Morgan fingerprint density at radius 2 is 1.71 bits per heavy atom. The Morgan fingerprint density at radius 1 is 1.06 bits per heavy atom. The van der Waals surface area contributed by atoms with Crippen LogP contribution in [0.3, 0.4) is 0 Å². The molecule has 17 heavy (non-hydrogen) atoms. The molecule has 1 heterocycles. The molecular formula is C14H23ClN2. The van der Waals surface area contributed by atoms with Crippen LogP contribution in [0, 0.1) is 0 Å². The minimum absolute atomic E-state index is 0. The zero-order valence-corrected chi connectivity index (χ0v) is 11.8. The van der Waals surface area contributed by atoms with Crippen LogP contribution in [-0.4, -0.2) is 42.0 Å². The van der Waals surface area contributed by atoms with Gasteiger partial charge in [-0.3, -0.25) is 4.90 Å². The van der Waals surface area contributed by atoms with Gasteiger partial charge in [0.1, 0.15) is 0 Å². The second-order valence-electron chi connectivity index (χ2n) is 5.05. The summed E-state index contributed by atoms with van der Waals surface area (Å²) in [6.07, 6.45) is 0. The summed E-state index contributed by atoms with van der Waals surface area (Å²) in [6.45, 7) is 8.07. The molecule has 0 aromatic heterocycles. The van der Waals surface area contributed by atoms with E-state index in [1.54, 1.807) is 0 Å². The minimum atomic E-state index is 0. The van der Waals surface area contributed by atoms with Crippen LogP contribution in [0.15, 0.2) is 30.3 Å². The van der Waals surface area contributed by atoms with Crippen molar-refractivity contribution in [2.75, 3.05) is 20.1 Å². The highest BCUT2D eigenvalue weighted by Crippen LogP contribution is 2.16. The Morgan fingerprint density at radius 3 is 2.35 bits per heavy atom. The van der Waals surface area contributed by atoms with Gasteiger partial charge in [0.15, 0.2) is 0 Å². The topological polar surface area (TPSA) is 6.48 Å². The Kier molecular flexibility index (Phi) is 5.44. The summed E-state index contributed by atoms with van der Waals surface area (Å²) in [5.74, 6) is 0. The van der Waals surface area contributed by atoms with Gasteiger partial charge in [0.2, 0.25) is 0 Å². The Balaban J connectivity index is 0.00000144. The van der Waals surface area contributed by atoms with Crippen LogP contribution in [0.1, 0.15) is 19.4 Å². The van der Waals surface area contributed by atoms with Crippen LogP contribution in [-0.2, 0) is 6.54 Å². The van der Waals surface area contributed by atoms with Crippen molar-refractivity contribution in [1.82, 2.24) is 9.80 Å². The van der Waals surface area contributed by atoms with E-state index in [4.69, 9.17) is 0 Å². The van der Waals surface area contributed by atoms with Gasteiger partial charge in [0, 0.05) is 31.7 Å². The van der Waals surface area contributed by atoms with Crippen LogP contribution >= 0.6 is 12.4 Å². The van der Waals surface area contributed by atoms with Gasteiger partial charge in [0.25, 0.3) is 0 Å². The highest BCUT2D eigenvalue weighted by Gasteiger charge is 2.26. The second-order valence-corrected chi connectivity index (χ2v) is 5.05. The standard InChI is InChI=1S/C14H22N2.ClH/c1-12-10-16(13(2)9-15(12)3)11-14-7-5-4-6-8-14;/h4-8,12-13H,9-11H2,1-3H3;1H/t12-,13-;/m1./s1. The predicted octanol–water partition coefficient (Wildman–Crippen LogP) is 2.63. The molecule has 1 aromatic rings. The number of likely N-dealkylation sites (N-methyl/N-ethyl adjacent to an activating group) is 1. The van der Waals surface area contributed by atoms with Gasteiger partial charge in [-0.25, -0.2) is 0 Å². The number of hydrogen-bond acceptors (Lipinski definition) is 2. The van der Waals surface area contributed by atoms with E-state index in [0.717, 1.165) is 6.54 Å². The Hall–Kier alpha value is -0.570. The maximum absolute atomic E-state index is 2.58. The van der Waals surface area contributed by atoms with Gasteiger partial charge in [-0.1, -0.05) is 30.3 Å². The van der Waals surface area contributed by atoms with E-state index in [1.807, 2.05) is 0 Å². The fourth-order valence-electron chi connectivity index (χ4n) is 2.41. The van der Waals surface area contributed by atoms with E-state index >= 15 is 0 Å². The molecule has 2 nitrogen and oxygen atoms in total. The molecule has 0 bridgehead atoms. The molecule has 96 valence electrons. The molecule has 1 aliphatic heterocycles. The highest BCUT2D eigenvalue weighted by molar-refractivity contribution is 5.85. The second kappa shape index (κ2) is 6.39. The third-order valence-corrected chi connectivity index (χ3v) is 3.66. The lowest BCUT2D eigenvalue weighted by atomic mass is 10.1. The van der Waals surface area contributed by atoms with Gasteiger partial charge in [-0.05, 0) is 26.5 Å². The fraction of sp³-hybridized carbons (Fsp3) is 0.571. The van der Waals surface area contributed by atoms with E-state index < -0.39 is 0 Å². The smallest absolute Gasteiger partial charge is 0.0237 e. The molecule has 0 aliphatic carbocycles.